The summed E-state index contributed by atoms with van der Waals surface area (Å²) in [5.74, 6) is 0.765. The molecule has 3 rings (SSSR count). The van der Waals surface area contributed by atoms with E-state index in [0.29, 0.717) is 17.2 Å². The number of carbonyl (C=O) groups is 1. The van der Waals surface area contributed by atoms with Gasteiger partial charge < -0.3 is 5.32 Å². The molecule has 0 bridgehead atoms. The number of halogens is 1. The molecule has 0 spiro atoms. The minimum atomic E-state index is -0.235. The maximum atomic E-state index is 12.1. The number of rotatable bonds is 3. The van der Waals surface area contributed by atoms with Crippen molar-refractivity contribution in [2.75, 3.05) is 5.32 Å². The van der Waals surface area contributed by atoms with Gasteiger partial charge in [0.15, 0.2) is 5.82 Å². The van der Waals surface area contributed by atoms with E-state index in [0.717, 1.165) is 4.47 Å². The van der Waals surface area contributed by atoms with Gasteiger partial charge >= 0.3 is 0 Å². The van der Waals surface area contributed by atoms with Crippen molar-refractivity contribution in [1.29, 1.82) is 0 Å². The Balaban J connectivity index is 1.82. The molecular formula is C14H10BrN5O. The third-order valence-electron chi connectivity index (χ3n) is 2.72. The van der Waals surface area contributed by atoms with Crippen LogP contribution in [-0.4, -0.2) is 25.7 Å². The molecule has 0 aliphatic heterocycles. The highest BCUT2D eigenvalue weighted by atomic mass is 79.9. The van der Waals surface area contributed by atoms with Gasteiger partial charge in [0.1, 0.15) is 12.1 Å². The lowest BCUT2D eigenvalue weighted by molar-refractivity contribution is 0.102. The fourth-order valence-corrected chi connectivity index (χ4v) is 2.16. The number of hydrogen-bond donors (Lipinski definition) is 1. The molecule has 0 aliphatic rings. The molecule has 0 atom stereocenters. The number of anilines is 1. The Morgan fingerprint density at radius 2 is 2.10 bits per heavy atom. The van der Waals surface area contributed by atoms with Crippen LogP contribution in [-0.2, 0) is 0 Å². The molecule has 0 unspecified atom stereocenters. The third-order valence-corrected chi connectivity index (χ3v) is 3.21. The second-order valence-corrected chi connectivity index (χ2v) is 5.09. The number of carbonyl (C=O) groups excluding carboxylic acids is 1. The van der Waals surface area contributed by atoms with Crippen LogP contribution < -0.4 is 5.32 Å². The molecule has 0 radical (unpaired) electrons. The minimum Gasteiger partial charge on any atom is -0.306 e. The Labute approximate surface area is 129 Å². The largest absolute Gasteiger partial charge is 0.306 e. The van der Waals surface area contributed by atoms with Gasteiger partial charge in [-0.25, -0.2) is 14.6 Å². The quantitative estimate of drug-likeness (QED) is 0.793. The Morgan fingerprint density at radius 3 is 2.86 bits per heavy atom. The van der Waals surface area contributed by atoms with Crippen LogP contribution in [0.5, 0.6) is 0 Å². The van der Waals surface area contributed by atoms with Gasteiger partial charge in [0.05, 0.1) is 0 Å². The highest BCUT2D eigenvalue weighted by Crippen LogP contribution is 2.14. The van der Waals surface area contributed by atoms with E-state index >= 15 is 0 Å². The number of benzene rings is 1. The van der Waals surface area contributed by atoms with Gasteiger partial charge in [0.25, 0.3) is 5.91 Å². The van der Waals surface area contributed by atoms with Crippen LogP contribution in [0.3, 0.4) is 0 Å². The van der Waals surface area contributed by atoms with E-state index in [4.69, 9.17) is 0 Å². The summed E-state index contributed by atoms with van der Waals surface area (Å²) in [6.07, 6.45) is 4.80. The number of nitrogens with zero attached hydrogens (tertiary/aromatic N) is 4. The maximum Gasteiger partial charge on any atom is 0.256 e. The van der Waals surface area contributed by atoms with Crippen molar-refractivity contribution in [3.8, 4) is 5.82 Å². The number of hydrogen-bond acceptors (Lipinski definition) is 4. The van der Waals surface area contributed by atoms with Gasteiger partial charge in [-0.3, -0.25) is 4.79 Å². The molecule has 2 aromatic heterocycles. The van der Waals surface area contributed by atoms with Gasteiger partial charge in [0, 0.05) is 28.5 Å². The zero-order valence-electron chi connectivity index (χ0n) is 10.8. The minimum absolute atomic E-state index is 0.235. The van der Waals surface area contributed by atoms with Crippen LogP contribution in [0.4, 0.5) is 5.82 Å². The number of nitrogens with one attached hydrogen (secondary N) is 1. The predicted octanol–water partition coefficient (Wildman–Crippen LogP) is 2.68. The van der Waals surface area contributed by atoms with Gasteiger partial charge in [-0.15, -0.1) is 0 Å². The Bertz CT molecular complexity index is 773. The molecule has 0 saturated heterocycles. The standard InChI is InChI=1S/C14H10BrN5O/c15-11-4-1-3-10(7-11)14(21)19-12-8-13(17-9-16-12)20-6-2-5-18-20/h1-9H,(H,16,17,19,21). The van der Waals surface area contributed by atoms with Crippen molar-refractivity contribution in [1.82, 2.24) is 19.7 Å². The van der Waals surface area contributed by atoms with Crippen molar-refractivity contribution in [2.24, 2.45) is 0 Å². The molecule has 1 aromatic carbocycles. The Morgan fingerprint density at radius 1 is 1.19 bits per heavy atom. The second-order valence-electron chi connectivity index (χ2n) is 4.18. The monoisotopic (exact) mass is 343 g/mol. The summed E-state index contributed by atoms with van der Waals surface area (Å²) < 4.78 is 2.44. The molecule has 0 fully saturated rings. The Hall–Kier alpha value is -2.54. The van der Waals surface area contributed by atoms with Crippen molar-refractivity contribution < 1.29 is 4.79 Å². The zero-order chi connectivity index (χ0) is 14.7. The fourth-order valence-electron chi connectivity index (χ4n) is 1.76. The molecule has 21 heavy (non-hydrogen) atoms. The highest BCUT2D eigenvalue weighted by Gasteiger charge is 2.08. The van der Waals surface area contributed by atoms with E-state index in [1.807, 2.05) is 6.07 Å². The molecule has 2 heterocycles. The van der Waals surface area contributed by atoms with Gasteiger partial charge in [-0.1, -0.05) is 22.0 Å². The van der Waals surface area contributed by atoms with Crippen LogP contribution in [0, 0.1) is 0 Å². The average molecular weight is 344 g/mol. The first-order chi connectivity index (χ1) is 10.2. The van der Waals surface area contributed by atoms with Crippen molar-refractivity contribution >= 4 is 27.7 Å². The summed E-state index contributed by atoms with van der Waals surface area (Å²) >= 11 is 3.34. The molecule has 1 N–H and O–H groups in total. The lowest BCUT2D eigenvalue weighted by Crippen LogP contribution is -2.13. The SMILES string of the molecule is O=C(Nc1cc(-n2cccn2)ncn1)c1cccc(Br)c1. The molecule has 7 heteroatoms. The molecule has 1 amide bonds. The molecule has 0 aliphatic carbocycles. The molecule has 3 aromatic rings. The van der Waals surface area contributed by atoms with E-state index in [-0.39, 0.29) is 5.91 Å². The van der Waals surface area contributed by atoms with E-state index < -0.39 is 0 Å². The van der Waals surface area contributed by atoms with Crippen LogP contribution in [0.1, 0.15) is 10.4 Å². The molecule has 104 valence electrons. The van der Waals surface area contributed by atoms with Crippen molar-refractivity contribution in [3.63, 3.8) is 0 Å². The van der Waals surface area contributed by atoms with Crippen molar-refractivity contribution in [3.05, 3.63) is 65.2 Å². The van der Waals surface area contributed by atoms with Crippen molar-refractivity contribution in [2.45, 2.75) is 0 Å². The normalized spacial score (nSPS) is 10.3. The first kappa shape index (κ1) is 13.4. The predicted molar refractivity (Wildman–Crippen MR) is 81.2 cm³/mol. The smallest absolute Gasteiger partial charge is 0.256 e. The topological polar surface area (TPSA) is 72.7 Å². The average Bonchev–Trinajstić information content (AvgIpc) is 3.02. The summed E-state index contributed by atoms with van der Waals surface area (Å²) in [5.41, 5.74) is 0.545. The number of amides is 1. The van der Waals surface area contributed by atoms with E-state index in [1.165, 1.54) is 6.33 Å². The summed E-state index contributed by atoms with van der Waals surface area (Å²) in [5, 5.41) is 6.82. The van der Waals surface area contributed by atoms with E-state index in [1.54, 1.807) is 47.4 Å². The first-order valence-electron chi connectivity index (χ1n) is 6.11. The second kappa shape index (κ2) is 5.84. The summed E-state index contributed by atoms with van der Waals surface area (Å²) in [7, 11) is 0. The summed E-state index contributed by atoms with van der Waals surface area (Å²) in [6.45, 7) is 0. The third kappa shape index (κ3) is 3.14. The van der Waals surface area contributed by atoms with Crippen LogP contribution >= 0.6 is 15.9 Å². The molecule has 0 saturated carbocycles. The van der Waals surface area contributed by atoms with Gasteiger partial charge in [-0.05, 0) is 24.3 Å². The van der Waals surface area contributed by atoms with Crippen LogP contribution in [0.2, 0.25) is 0 Å². The Kier molecular flexibility index (Phi) is 3.74. The number of aromatic nitrogens is 4. The summed E-state index contributed by atoms with van der Waals surface area (Å²) in [4.78, 5) is 20.3. The van der Waals surface area contributed by atoms with Crippen LogP contribution in [0.15, 0.2) is 59.6 Å². The highest BCUT2D eigenvalue weighted by molar-refractivity contribution is 9.10. The molecule has 6 nitrogen and oxygen atoms in total. The zero-order valence-corrected chi connectivity index (χ0v) is 12.4. The van der Waals surface area contributed by atoms with E-state index in [9.17, 15) is 4.79 Å². The van der Waals surface area contributed by atoms with Crippen LogP contribution in [0.25, 0.3) is 5.82 Å². The van der Waals surface area contributed by atoms with Gasteiger partial charge in [-0.2, -0.15) is 5.10 Å². The first-order valence-corrected chi connectivity index (χ1v) is 6.91. The maximum absolute atomic E-state index is 12.1. The lowest BCUT2D eigenvalue weighted by Gasteiger charge is -2.06. The fraction of sp³-hybridized carbons (Fsp3) is 0. The lowest BCUT2D eigenvalue weighted by atomic mass is 10.2. The van der Waals surface area contributed by atoms with Gasteiger partial charge in [0.2, 0.25) is 0 Å². The summed E-state index contributed by atoms with van der Waals surface area (Å²) in [6, 6.07) is 10.6. The van der Waals surface area contributed by atoms with E-state index in [2.05, 4.69) is 36.3 Å². The molecular weight excluding hydrogens is 334 g/mol.